The Morgan fingerprint density at radius 3 is 2.26 bits per heavy atom. The lowest BCUT2D eigenvalue weighted by atomic mass is 9.90. The quantitative estimate of drug-likeness (QED) is 0.839. The molecular formula is C21H26N2O4. The van der Waals surface area contributed by atoms with E-state index in [1.54, 1.807) is 0 Å². The molecule has 1 aromatic rings. The molecule has 6 heteroatoms. The maximum absolute atomic E-state index is 12.7. The third-order valence-electron chi connectivity index (χ3n) is 6.26. The highest BCUT2D eigenvalue weighted by atomic mass is 16.6. The molecule has 2 saturated heterocycles. The number of fused-ring (bicyclic) bond motifs is 2. The van der Waals surface area contributed by atoms with Gasteiger partial charge in [-0.05, 0) is 61.8 Å². The zero-order valence-electron chi connectivity index (χ0n) is 15.4. The van der Waals surface area contributed by atoms with Gasteiger partial charge in [-0.3, -0.25) is 9.59 Å². The standard InChI is InChI=1S/C21H26N2O4/c24-20(13-6-7-13)22-16-10-26-19-17(11-27-18(16)19)23-21(25)15-8-5-12-3-1-2-4-14(12)9-15/h5,8-9,13,16-19H,1-4,6-7,10-11H2,(H,22,24)(H,23,25)/t16-,17-,18+,19+/m0/s1. The second-order valence-electron chi connectivity index (χ2n) is 8.26. The first-order valence-electron chi connectivity index (χ1n) is 10.2. The van der Waals surface area contributed by atoms with E-state index in [2.05, 4.69) is 16.7 Å². The molecule has 2 aliphatic heterocycles. The molecule has 0 radical (unpaired) electrons. The maximum atomic E-state index is 12.7. The van der Waals surface area contributed by atoms with Crippen molar-refractivity contribution in [1.29, 1.82) is 0 Å². The summed E-state index contributed by atoms with van der Waals surface area (Å²) in [7, 11) is 0. The van der Waals surface area contributed by atoms with Crippen LogP contribution in [0.5, 0.6) is 0 Å². The molecule has 2 amide bonds. The summed E-state index contributed by atoms with van der Waals surface area (Å²) >= 11 is 0. The van der Waals surface area contributed by atoms with Gasteiger partial charge in [0.25, 0.3) is 5.91 Å². The van der Waals surface area contributed by atoms with Crippen molar-refractivity contribution < 1.29 is 19.1 Å². The van der Waals surface area contributed by atoms with Gasteiger partial charge in [0.15, 0.2) is 0 Å². The molecule has 6 nitrogen and oxygen atoms in total. The summed E-state index contributed by atoms with van der Waals surface area (Å²) in [5.74, 6) is 0.200. The molecule has 0 bridgehead atoms. The van der Waals surface area contributed by atoms with Crippen LogP contribution in [0.25, 0.3) is 0 Å². The summed E-state index contributed by atoms with van der Waals surface area (Å²) in [4.78, 5) is 24.8. The van der Waals surface area contributed by atoms with Crippen LogP contribution in [0.4, 0.5) is 0 Å². The maximum Gasteiger partial charge on any atom is 0.251 e. The van der Waals surface area contributed by atoms with Gasteiger partial charge in [-0.15, -0.1) is 0 Å². The van der Waals surface area contributed by atoms with Crippen molar-refractivity contribution in [1.82, 2.24) is 10.6 Å². The zero-order chi connectivity index (χ0) is 18.4. The van der Waals surface area contributed by atoms with Gasteiger partial charge in [-0.25, -0.2) is 0 Å². The molecule has 2 N–H and O–H groups in total. The Kier molecular flexibility index (Phi) is 4.40. The second kappa shape index (κ2) is 6.91. The molecule has 2 aliphatic carbocycles. The van der Waals surface area contributed by atoms with Crippen molar-refractivity contribution in [3.63, 3.8) is 0 Å². The van der Waals surface area contributed by atoms with Crippen LogP contribution >= 0.6 is 0 Å². The van der Waals surface area contributed by atoms with Crippen LogP contribution in [-0.2, 0) is 27.1 Å². The topological polar surface area (TPSA) is 76.7 Å². The Morgan fingerprint density at radius 1 is 0.889 bits per heavy atom. The predicted octanol–water partition coefficient (Wildman–Crippen LogP) is 1.36. The largest absolute Gasteiger partial charge is 0.371 e. The van der Waals surface area contributed by atoms with Crippen LogP contribution in [0.3, 0.4) is 0 Å². The highest BCUT2D eigenvalue weighted by Crippen LogP contribution is 2.31. The molecule has 0 aromatic heterocycles. The zero-order valence-corrected chi connectivity index (χ0v) is 15.4. The van der Waals surface area contributed by atoms with Gasteiger partial charge in [-0.2, -0.15) is 0 Å². The average molecular weight is 370 g/mol. The second-order valence-corrected chi connectivity index (χ2v) is 8.26. The van der Waals surface area contributed by atoms with Crippen molar-refractivity contribution in [2.75, 3.05) is 13.2 Å². The van der Waals surface area contributed by atoms with Crippen LogP contribution in [0, 0.1) is 5.92 Å². The lowest BCUT2D eigenvalue weighted by Gasteiger charge is -2.19. The SMILES string of the molecule is O=C(N[C@H]1CO[C@H]2[C@@H]1OC[C@@H]2NC(=O)C1CC1)c1ccc2c(c1)CCCC2. The van der Waals surface area contributed by atoms with E-state index >= 15 is 0 Å². The summed E-state index contributed by atoms with van der Waals surface area (Å²) in [6.45, 7) is 0.862. The van der Waals surface area contributed by atoms with E-state index < -0.39 is 0 Å². The molecular weight excluding hydrogens is 344 g/mol. The minimum absolute atomic E-state index is 0.0771. The first-order valence-corrected chi connectivity index (χ1v) is 10.2. The van der Waals surface area contributed by atoms with E-state index in [4.69, 9.17) is 9.47 Å². The van der Waals surface area contributed by atoms with E-state index in [1.807, 2.05) is 12.1 Å². The summed E-state index contributed by atoms with van der Waals surface area (Å²) in [6, 6.07) is 5.74. The number of benzene rings is 1. The molecule has 1 aromatic carbocycles. The van der Waals surface area contributed by atoms with E-state index in [9.17, 15) is 9.59 Å². The van der Waals surface area contributed by atoms with E-state index in [0.29, 0.717) is 18.8 Å². The minimum Gasteiger partial charge on any atom is -0.371 e. The number of carbonyl (C=O) groups excluding carboxylic acids is 2. The Balaban J connectivity index is 1.21. The number of rotatable bonds is 4. The molecule has 3 fully saturated rings. The lowest BCUT2D eigenvalue weighted by molar-refractivity contribution is -0.123. The number of ether oxygens (including phenoxy) is 2. The molecule has 2 heterocycles. The van der Waals surface area contributed by atoms with Crippen molar-refractivity contribution in [2.24, 2.45) is 5.92 Å². The molecule has 4 aliphatic rings. The number of hydrogen-bond donors (Lipinski definition) is 2. The Bertz CT molecular complexity index is 761. The number of carbonyl (C=O) groups is 2. The Morgan fingerprint density at radius 2 is 1.56 bits per heavy atom. The van der Waals surface area contributed by atoms with E-state index in [0.717, 1.165) is 25.7 Å². The summed E-state index contributed by atoms with van der Waals surface area (Å²) in [5.41, 5.74) is 3.38. The number of hydrogen-bond acceptors (Lipinski definition) is 4. The van der Waals surface area contributed by atoms with Crippen molar-refractivity contribution >= 4 is 11.8 Å². The fourth-order valence-electron chi connectivity index (χ4n) is 4.52. The average Bonchev–Trinajstić information content (AvgIpc) is 3.37. The van der Waals surface area contributed by atoms with Gasteiger partial charge in [0.05, 0.1) is 25.3 Å². The van der Waals surface area contributed by atoms with Crippen LogP contribution in [-0.4, -0.2) is 49.3 Å². The van der Waals surface area contributed by atoms with Crippen LogP contribution < -0.4 is 10.6 Å². The molecule has 0 spiro atoms. The van der Waals surface area contributed by atoms with Gasteiger partial charge in [0.1, 0.15) is 12.2 Å². The summed E-state index contributed by atoms with van der Waals surface area (Å²) < 4.78 is 11.8. The molecule has 144 valence electrons. The smallest absolute Gasteiger partial charge is 0.251 e. The van der Waals surface area contributed by atoms with Gasteiger partial charge in [0.2, 0.25) is 5.91 Å². The third-order valence-corrected chi connectivity index (χ3v) is 6.26. The molecule has 5 rings (SSSR count). The van der Waals surface area contributed by atoms with Crippen molar-refractivity contribution in [2.45, 2.75) is 62.8 Å². The number of aryl methyl sites for hydroxylation is 2. The summed E-state index contributed by atoms with van der Waals surface area (Å²) in [6.07, 6.45) is 6.18. The number of amides is 2. The van der Waals surface area contributed by atoms with Crippen LogP contribution in [0.1, 0.15) is 47.2 Å². The van der Waals surface area contributed by atoms with Gasteiger partial charge in [-0.1, -0.05) is 6.07 Å². The number of nitrogens with one attached hydrogen (secondary N) is 2. The monoisotopic (exact) mass is 370 g/mol. The fraction of sp³-hybridized carbons (Fsp3) is 0.619. The van der Waals surface area contributed by atoms with E-state index in [-0.39, 0.29) is 42.0 Å². The van der Waals surface area contributed by atoms with Gasteiger partial charge >= 0.3 is 0 Å². The van der Waals surface area contributed by atoms with Crippen LogP contribution in [0.15, 0.2) is 18.2 Å². The summed E-state index contributed by atoms with van der Waals surface area (Å²) in [5, 5.41) is 6.13. The van der Waals surface area contributed by atoms with E-state index in [1.165, 1.54) is 24.0 Å². The first kappa shape index (κ1) is 17.2. The normalized spacial score (nSPS) is 31.9. The van der Waals surface area contributed by atoms with Gasteiger partial charge in [0, 0.05) is 11.5 Å². The highest BCUT2D eigenvalue weighted by molar-refractivity contribution is 5.94. The predicted molar refractivity (Wildman–Crippen MR) is 98.5 cm³/mol. The molecule has 0 unspecified atom stereocenters. The van der Waals surface area contributed by atoms with Crippen LogP contribution in [0.2, 0.25) is 0 Å². The highest BCUT2D eigenvalue weighted by Gasteiger charge is 2.49. The molecule has 27 heavy (non-hydrogen) atoms. The third kappa shape index (κ3) is 3.36. The Hall–Kier alpha value is -1.92. The first-order chi connectivity index (χ1) is 13.2. The van der Waals surface area contributed by atoms with Gasteiger partial charge < -0.3 is 20.1 Å². The molecule has 1 saturated carbocycles. The Labute approximate surface area is 159 Å². The molecule has 4 atom stereocenters. The van der Waals surface area contributed by atoms with Crippen molar-refractivity contribution in [3.8, 4) is 0 Å². The lowest BCUT2D eigenvalue weighted by Crippen LogP contribution is -2.47. The fourth-order valence-corrected chi connectivity index (χ4v) is 4.52. The minimum atomic E-state index is -0.198. The van der Waals surface area contributed by atoms with Crippen molar-refractivity contribution in [3.05, 3.63) is 34.9 Å².